The van der Waals surface area contributed by atoms with E-state index in [2.05, 4.69) is 10.3 Å². The number of carbonyl (C=O) groups is 1. The molecule has 1 N–H and O–H groups in total. The van der Waals surface area contributed by atoms with Gasteiger partial charge in [0.25, 0.3) is 0 Å². The van der Waals surface area contributed by atoms with E-state index in [0.29, 0.717) is 22.9 Å². The summed E-state index contributed by atoms with van der Waals surface area (Å²) in [4.78, 5) is 16.3. The quantitative estimate of drug-likeness (QED) is 0.655. The Hall–Kier alpha value is -2.82. The summed E-state index contributed by atoms with van der Waals surface area (Å²) in [6.45, 7) is 1.98. The second-order valence-electron chi connectivity index (χ2n) is 4.63. The van der Waals surface area contributed by atoms with E-state index < -0.39 is 0 Å². The molecule has 114 valence electrons. The van der Waals surface area contributed by atoms with Crippen molar-refractivity contribution in [2.75, 3.05) is 19.5 Å². The zero-order valence-corrected chi connectivity index (χ0v) is 12.8. The van der Waals surface area contributed by atoms with Gasteiger partial charge in [0.15, 0.2) is 17.3 Å². The molecule has 22 heavy (non-hydrogen) atoms. The lowest BCUT2D eigenvalue weighted by molar-refractivity contribution is 0.104. The van der Waals surface area contributed by atoms with Gasteiger partial charge in [-0.2, -0.15) is 0 Å². The fourth-order valence-corrected chi connectivity index (χ4v) is 1.90. The van der Waals surface area contributed by atoms with Crippen LogP contribution in [0.5, 0.6) is 11.5 Å². The van der Waals surface area contributed by atoms with Crippen molar-refractivity contribution < 1.29 is 14.3 Å². The fraction of sp³-hybridized carbons (Fsp3) is 0.176. The lowest BCUT2D eigenvalue weighted by atomic mass is 10.1. The molecule has 0 atom stereocenters. The number of benzene rings is 1. The first-order valence-corrected chi connectivity index (χ1v) is 6.76. The van der Waals surface area contributed by atoms with Crippen molar-refractivity contribution in [1.82, 2.24) is 4.98 Å². The van der Waals surface area contributed by atoms with Crippen molar-refractivity contribution in [2.45, 2.75) is 6.92 Å². The van der Waals surface area contributed by atoms with Crippen molar-refractivity contribution in [1.29, 1.82) is 0 Å². The van der Waals surface area contributed by atoms with E-state index in [4.69, 9.17) is 9.47 Å². The summed E-state index contributed by atoms with van der Waals surface area (Å²) in [5.41, 5.74) is 1.62. The largest absolute Gasteiger partial charge is 0.493 e. The molecule has 0 aliphatic rings. The Balaban J connectivity index is 2.07. The number of nitrogens with zero attached hydrogens (tertiary/aromatic N) is 1. The maximum absolute atomic E-state index is 12.1. The SMILES string of the molecule is COc1ccc(C(=O)C=CNc2cc(C)ccn2)cc1OC. The van der Waals surface area contributed by atoms with Gasteiger partial charge >= 0.3 is 0 Å². The number of nitrogens with one attached hydrogen (secondary N) is 1. The van der Waals surface area contributed by atoms with Crippen LogP contribution in [0.1, 0.15) is 15.9 Å². The van der Waals surface area contributed by atoms with Gasteiger partial charge in [-0.25, -0.2) is 4.98 Å². The van der Waals surface area contributed by atoms with E-state index in [0.717, 1.165) is 5.56 Å². The molecule has 5 nitrogen and oxygen atoms in total. The number of aromatic nitrogens is 1. The molecule has 1 heterocycles. The number of carbonyl (C=O) groups excluding carboxylic acids is 1. The Morgan fingerprint density at radius 2 is 1.91 bits per heavy atom. The number of hydrogen-bond acceptors (Lipinski definition) is 5. The first-order valence-electron chi connectivity index (χ1n) is 6.76. The van der Waals surface area contributed by atoms with Crippen LogP contribution in [0.4, 0.5) is 5.82 Å². The molecule has 0 spiro atoms. The van der Waals surface area contributed by atoms with Gasteiger partial charge in [-0.1, -0.05) is 0 Å². The fourth-order valence-electron chi connectivity index (χ4n) is 1.90. The molecule has 0 unspecified atom stereocenters. The first kappa shape index (κ1) is 15.6. The molecule has 1 aromatic carbocycles. The zero-order valence-electron chi connectivity index (χ0n) is 12.8. The summed E-state index contributed by atoms with van der Waals surface area (Å²) in [5, 5.41) is 2.97. The standard InChI is InChI=1S/C17H18N2O3/c1-12-6-8-18-17(10-12)19-9-7-14(20)13-4-5-15(21-2)16(11-13)22-3/h4-11H,1-3H3,(H,18,19). The molecule has 0 bridgehead atoms. The average Bonchev–Trinajstić information content (AvgIpc) is 2.54. The van der Waals surface area contributed by atoms with Crippen LogP contribution in [-0.2, 0) is 0 Å². The number of anilines is 1. The predicted molar refractivity (Wildman–Crippen MR) is 85.6 cm³/mol. The zero-order chi connectivity index (χ0) is 15.9. The summed E-state index contributed by atoms with van der Waals surface area (Å²) in [5.74, 6) is 1.66. The highest BCUT2D eigenvalue weighted by Gasteiger charge is 2.08. The van der Waals surface area contributed by atoms with Crippen LogP contribution in [0.15, 0.2) is 48.8 Å². The second kappa shape index (κ2) is 7.26. The molecule has 0 saturated heterocycles. The summed E-state index contributed by atoms with van der Waals surface area (Å²) >= 11 is 0. The van der Waals surface area contributed by atoms with E-state index >= 15 is 0 Å². The van der Waals surface area contributed by atoms with Gasteiger partial charge in [-0.3, -0.25) is 4.79 Å². The van der Waals surface area contributed by atoms with Gasteiger partial charge in [0.1, 0.15) is 5.82 Å². The monoisotopic (exact) mass is 298 g/mol. The highest BCUT2D eigenvalue weighted by atomic mass is 16.5. The number of aryl methyl sites for hydroxylation is 1. The Morgan fingerprint density at radius 1 is 1.14 bits per heavy atom. The van der Waals surface area contributed by atoms with E-state index in [-0.39, 0.29) is 5.78 Å². The van der Waals surface area contributed by atoms with Gasteiger partial charge in [-0.15, -0.1) is 0 Å². The molecular formula is C17H18N2O3. The summed E-state index contributed by atoms with van der Waals surface area (Å²) in [7, 11) is 3.09. The van der Waals surface area contributed by atoms with Crippen molar-refractivity contribution in [3.05, 3.63) is 59.9 Å². The first-order chi connectivity index (χ1) is 10.6. The molecular weight excluding hydrogens is 280 g/mol. The van der Waals surface area contributed by atoms with Gasteiger partial charge in [0.05, 0.1) is 14.2 Å². The minimum atomic E-state index is -0.138. The third kappa shape index (κ3) is 3.85. The minimum absolute atomic E-state index is 0.138. The van der Waals surface area contributed by atoms with Crippen LogP contribution < -0.4 is 14.8 Å². The summed E-state index contributed by atoms with van der Waals surface area (Å²) < 4.78 is 10.3. The molecule has 0 amide bonds. The van der Waals surface area contributed by atoms with Gasteiger partial charge in [0.2, 0.25) is 0 Å². The molecule has 0 fully saturated rings. The Bertz CT molecular complexity index is 696. The molecule has 0 aliphatic carbocycles. The molecule has 5 heteroatoms. The normalized spacial score (nSPS) is 10.5. The lowest BCUT2D eigenvalue weighted by Crippen LogP contribution is -1.99. The molecule has 2 aromatic rings. The predicted octanol–water partition coefficient (Wildman–Crippen LogP) is 3.22. The number of methoxy groups -OCH3 is 2. The van der Waals surface area contributed by atoms with Gasteiger partial charge in [0, 0.05) is 24.0 Å². The smallest absolute Gasteiger partial charge is 0.187 e. The highest BCUT2D eigenvalue weighted by Crippen LogP contribution is 2.27. The molecule has 0 aliphatic heterocycles. The van der Waals surface area contributed by atoms with Gasteiger partial charge < -0.3 is 14.8 Å². The van der Waals surface area contributed by atoms with Crippen LogP contribution in [0.2, 0.25) is 0 Å². The van der Waals surface area contributed by atoms with E-state index in [1.54, 1.807) is 37.7 Å². The van der Waals surface area contributed by atoms with Crippen LogP contribution in [0.25, 0.3) is 0 Å². The second-order valence-corrected chi connectivity index (χ2v) is 4.63. The number of hydrogen-bond donors (Lipinski definition) is 1. The van der Waals surface area contributed by atoms with E-state index in [1.165, 1.54) is 13.2 Å². The maximum atomic E-state index is 12.1. The molecule has 0 saturated carbocycles. The number of ether oxygens (including phenoxy) is 2. The van der Waals surface area contributed by atoms with Gasteiger partial charge in [-0.05, 0) is 42.8 Å². The maximum Gasteiger partial charge on any atom is 0.187 e. The van der Waals surface area contributed by atoms with Crippen molar-refractivity contribution in [3.63, 3.8) is 0 Å². The van der Waals surface area contributed by atoms with Crippen LogP contribution in [0.3, 0.4) is 0 Å². The van der Waals surface area contributed by atoms with Crippen molar-refractivity contribution >= 4 is 11.6 Å². The molecule has 1 aromatic heterocycles. The molecule has 2 rings (SSSR count). The third-order valence-corrected chi connectivity index (χ3v) is 3.05. The average molecular weight is 298 g/mol. The number of ketones is 1. The third-order valence-electron chi connectivity index (χ3n) is 3.05. The number of rotatable bonds is 6. The van der Waals surface area contributed by atoms with Crippen molar-refractivity contribution in [3.8, 4) is 11.5 Å². The summed E-state index contributed by atoms with van der Waals surface area (Å²) in [6.07, 6.45) is 4.73. The topological polar surface area (TPSA) is 60.5 Å². The van der Waals surface area contributed by atoms with E-state index in [9.17, 15) is 4.79 Å². The number of allylic oxidation sites excluding steroid dienone is 1. The van der Waals surface area contributed by atoms with Crippen LogP contribution >= 0.6 is 0 Å². The van der Waals surface area contributed by atoms with E-state index in [1.807, 2.05) is 19.1 Å². The Labute approximate surface area is 129 Å². The Kier molecular flexibility index (Phi) is 5.14. The molecule has 0 radical (unpaired) electrons. The summed E-state index contributed by atoms with van der Waals surface area (Å²) in [6, 6.07) is 8.85. The minimum Gasteiger partial charge on any atom is -0.493 e. The van der Waals surface area contributed by atoms with Crippen LogP contribution in [-0.4, -0.2) is 25.0 Å². The Morgan fingerprint density at radius 3 is 2.59 bits per heavy atom. The highest BCUT2D eigenvalue weighted by molar-refractivity contribution is 6.05. The van der Waals surface area contributed by atoms with Crippen molar-refractivity contribution in [2.24, 2.45) is 0 Å². The van der Waals surface area contributed by atoms with Crippen LogP contribution in [0, 0.1) is 6.92 Å². The lowest BCUT2D eigenvalue weighted by Gasteiger charge is -2.08. The number of pyridine rings is 1.